The van der Waals surface area contributed by atoms with Gasteiger partial charge < -0.3 is 10.6 Å². The van der Waals surface area contributed by atoms with Gasteiger partial charge >= 0.3 is 0 Å². The summed E-state index contributed by atoms with van der Waals surface area (Å²) < 4.78 is 0. The summed E-state index contributed by atoms with van der Waals surface area (Å²) in [7, 11) is 1.69. The third-order valence-corrected chi connectivity index (χ3v) is 4.26. The van der Waals surface area contributed by atoms with Crippen LogP contribution in [0.25, 0.3) is 0 Å². The van der Waals surface area contributed by atoms with Gasteiger partial charge in [0.2, 0.25) is 5.91 Å². The fourth-order valence-corrected chi connectivity index (χ4v) is 2.89. The summed E-state index contributed by atoms with van der Waals surface area (Å²) >= 11 is 1.80. The number of nitrogens with zero attached hydrogens (tertiary/aromatic N) is 1. The second-order valence-electron chi connectivity index (χ2n) is 4.68. The summed E-state index contributed by atoms with van der Waals surface area (Å²) in [4.78, 5) is 14.9. The predicted octanol–water partition coefficient (Wildman–Crippen LogP) is 1.05. The summed E-state index contributed by atoms with van der Waals surface area (Å²) in [6.07, 6.45) is 2.25. The van der Waals surface area contributed by atoms with E-state index in [1.807, 2.05) is 0 Å². The maximum atomic E-state index is 11.3. The van der Waals surface area contributed by atoms with E-state index in [9.17, 15) is 4.79 Å². The molecule has 2 rings (SSSR count). The maximum Gasteiger partial charge on any atom is 0.233 e. The van der Waals surface area contributed by atoms with Crippen LogP contribution >= 0.6 is 11.3 Å². The van der Waals surface area contributed by atoms with E-state index in [0.29, 0.717) is 12.6 Å². The number of likely N-dealkylation sites (N-methyl/N-ethyl adjacent to an activating group) is 1. The lowest BCUT2D eigenvalue weighted by atomic mass is 10.1. The summed E-state index contributed by atoms with van der Waals surface area (Å²) in [5.41, 5.74) is 0. The van der Waals surface area contributed by atoms with Crippen molar-refractivity contribution in [3.05, 3.63) is 22.4 Å². The van der Waals surface area contributed by atoms with Gasteiger partial charge in [-0.2, -0.15) is 0 Å². The number of likely N-dealkylation sites (tertiary alicyclic amines) is 1. The zero-order chi connectivity index (χ0) is 12.8. The van der Waals surface area contributed by atoms with E-state index in [-0.39, 0.29) is 5.91 Å². The second-order valence-corrected chi connectivity index (χ2v) is 5.72. The Morgan fingerprint density at radius 2 is 2.28 bits per heavy atom. The molecule has 0 unspecified atom stereocenters. The largest absolute Gasteiger partial charge is 0.358 e. The van der Waals surface area contributed by atoms with Crippen molar-refractivity contribution < 1.29 is 4.79 Å². The molecule has 0 aromatic carbocycles. The number of hydrogen-bond acceptors (Lipinski definition) is 4. The minimum Gasteiger partial charge on any atom is -0.358 e. The molecule has 4 nitrogen and oxygen atoms in total. The highest BCUT2D eigenvalue weighted by molar-refractivity contribution is 7.09. The zero-order valence-electron chi connectivity index (χ0n) is 10.8. The number of hydrogen-bond donors (Lipinski definition) is 2. The lowest BCUT2D eigenvalue weighted by molar-refractivity contribution is -0.122. The number of nitrogens with one attached hydrogen (secondary N) is 2. The number of amides is 1. The average Bonchev–Trinajstić information content (AvgIpc) is 2.91. The van der Waals surface area contributed by atoms with Gasteiger partial charge in [0, 0.05) is 37.6 Å². The molecule has 2 N–H and O–H groups in total. The quantitative estimate of drug-likeness (QED) is 0.838. The first-order chi connectivity index (χ1) is 8.78. The van der Waals surface area contributed by atoms with Crippen molar-refractivity contribution in [1.29, 1.82) is 0 Å². The molecule has 5 heteroatoms. The molecule has 0 atom stereocenters. The number of piperidine rings is 1. The first kappa shape index (κ1) is 13.5. The van der Waals surface area contributed by atoms with Crippen LogP contribution < -0.4 is 10.6 Å². The first-order valence-electron chi connectivity index (χ1n) is 6.46. The Morgan fingerprint density at radius 1 is 1.50 bits per heavy atom. The van der Waals surface area contributed by atoms with Crippen molar-refractivity contribution in [1.82, 2.24) is 15.5 Å². The normalized spacial score (nSPS) is 17.8. The monoisotopic (exact) mass is 267 g/mol. The summed E-state index contributed by atoms with van der Waals surface area (Å²) in [5, 5.41) is 8.38. The molecule has 1 aliphatic heterocycles. The highest BCUT2D eigenvalue weighted by Gasteiger charge is 2.19. The molecule has 0 bridgehead atoms. The Kier molecular flexibility index (Phi) is 5.16. The Bertz CT molecular complexity index is 358. The minimum atomic E-state index is 0.111. The molecule has 18 heavy (non-hydrogen) atoms. The summed E-state index contributed by atoms with van der Waals surface area (Å²) in [6.45, 7) is 3.52. The molecule has 2 heterocycles. The van der Waals surface area contributed by atoms with E-state index in [4.69, 9.17) is 0 Å². The predicted molar refractivity (Wildman–Crippen MR) is 74.7 cm³/mol. The SMILES string of the molecule is CNC(=O)CN1CCC(NCc2cccs2)CC1. The van der Waals surface area contributed by atoms with Gasteiger partial charge in [0.1, 0.15) is 0 Å². The van der Waals surface area contributed by atoms with Crippen molar-refractivity contribution in [2.24, 2.45) is 0 Å². The molecule has 0 spiro atoms. The van der Waals surface area contributed by atoms with E-state index in [1.54, 1.807) is 18.4 Å². The molecule has 1 aromatic rings. The smallest absolute Gasteiger partial charge is 0.233 e. The lowest BCUT2D eigenvalue weighted by Crippen LogP contribution is -2.45. The second kappa shape index (κ2) is 6.87. The van der Waals surface area contributed by atoms with Crippen molar-refractivity contribution in [2.75, 3.05) is 26.7 Å². The van der Waals surface area contributed by atoms with Crippen LogP contribution in [0, 0.1) is 0 Å². The zero-order valence-corrected chi connectivity index (χ0v) is 11.6. The highest BCUT2D eigenvalue weighted by Crippen LogP contribution is 2.12. The molecular weight excluding hydrogens is 246 g/mol. The molecule has 1 fully saturated rings. The molecule has 1 aliphatic rings. The van der Waals surface area contributed by atoms with Crippen LogP contribution in [0.4, 0.5) is 0 Å². The van der Waals surface area contributed by atoms with E-state index < -0.39 is 0 Å². The van der Waals surface area contributed by atoms with Crippen LogP contribution in [-0.4, -0.2) is 43.5 Å². The van der Waals surface area contributed by atoms with Crippen molar-refractivity contribution in [3.63, 3.8) is 0 Å². The van der Waals surface area contributed by atoms with E-state index in [0.717, 1.165) is 32.5 Å². The summed E-state index contributed by atoms with van der Waals surface area (Å²) in [6, 6.07) is 4.85. The van der Waals surface area contributed by atoms with Gasteiger partial charge in [-0.25, -0.2) is 0 Å². The molecular formula is C13H21N3OS. The Hall–Kier alpha value is -0.910. The van der Waals surface area contributed by atoms with Crippen molar-refractivity contribution >= 4 is 17.2 Å². The minimum absolute atomic E-state index is 0.111. The van der Waals surface area contributed by atoms with Crippen LogP contribution in [0.1, 0.15) is 17.7 Å². The van der Waals surface area contributed by atoms with Gasteiger partial charge in [0.15, 0.2) is 0 Å². The maximum absolute atomic E-state index is 11.3. The molecule has 0 aliphatic carbocycles. The number of carbonyl (C=O) groups is 1. The van der Waals surface area contributed by atoms with Crippen molar-refractivity contribution in [2.45, 2.75) is 25.4 Å². The van der Waals surface area contributed by atoms with Gasteiger partial charge in [-0.1, -0.05) is 6.07 Å². The Morgan fingerprint density at radius 3 is 2.89 bits per heavy atom. The number of carbonyl (C=O) groups excluding carboxylic acids is 1. The van der Waals surface area contributed by atoms with Crippen LogP contribution in [0.2, 0.25) is 0 Å². The molecule has 1 saturated heterocycles. The van der Waals surface area contributed by atoms with Crippen LogP contribution in [0.15, 0.2) is 17.5 Å². The standard InChI is InChI=1S/C13H21N3OS/c1-14-13(17)10-16-6-4-11(5-7-16)15-9-12-3-2-8-18-12/h2-3,8,11,15H,4-7,9-10H2,1H3,(H,14,17). The van der Waals surface area contributed by atoms with E-state index in [2.05, 4.69) is 33.0 Å². The molecule has 1 amide bonds. The van der Waals surface area contributed by atoms with Gasteiger partial charge in [-0.15, -0.1) is 11.3 Å². The Labute approximate surface area is 112 Å². The van der Waals surface area contributed by atoms with Crippen LogP contribution in [0.5, 0.6) is 0 Å². The van der Waals surface area contributed by atoms with Gasteiger partial charge in [-0.3, -0.25) is 9.69 Å². The van der Waals surface area contributed by atoms with Gasteiger partial charge in [-0.05, 0) is 24.3 Å². The third-order valence-electron chi connectivity index (χ3n) is 3.38. The van der Waals surface area contributed by atoms with Crippen molar-refractivity contribution in [3.8, 4) is 0 Å². The molecule has 0 radical (unpaired) electrons. The fourth-order valence-electron chi connectivity index (χ4n) is 2.24. The first-order valence-corrected chi connectivity index (χ1v) is 7.34. The molecule has 1 aromatic heterocycles. The van der Waals surface area contributed by atoms with E-state index in [1.165, 1.54) is 4.88 Å². The molecule has 0 saturated carbocycles. The van der Waals surface area contributed by atoms with Crippen LogP contribution in [-0.2, 0) is 11.3 Å². The number of rotatable bonds is 5. The number of thiophene rings is 1. The fraction of sp³-hybridized carbons (Fsp3) is 0.615. The third kappa shape index (κ3) is 4.08. The van der Waals surface area contributed by atoms with Gasteiger partial charge in [0.05, 0.1) is 6.54 Å². The average molecular weight is 267 g/mol. The Balaban J connectivity index is 1.65. The van der Waals surface area contributed by atoms with Crippen LogP contribution in [0.3, 0.4) is 0 Å². The van der Waals surface area contributed by atoms with E-state index >= 15 is 0 Å². The topological polar surface area (TPSA) is 44.4 Å². The molecule has 100 valence electrons. The highest BCUT2D eigenvalue weighted by atomic mass is 32.1. The summed E-state index contributed by atoms with van der Waals surface area (Å²) in [5.74, 6) is 0.111. The van der Waals surface area contributed by atoms with Gasteiger partial charge in [0.25, 0.3) is 0 Å². The lowest BCUT2D eigenvalue weighted by Gasteiger charge is -2.31.